The molecule has 3 rings (SSSR count). The van der Waals surface area contributed by atoms with Crippen molar-refractivity contribution in [2.45, 2.75) is 13.5 Å². The van der Waals surface area contributed by atoms with Gasteiger partial charge in [0.2, 0.25) is 0 Å². The molecule has 3 N–H and O–H groups in total. The third-order valence-corrected chi connectivity index (χ3v) is 4.64. The van der Waals surface area contributed by atoms with Crippen molar-refractivity contribution in [1.82, 2.24) is 5.01 Å². The number of nitrogens with two attached hydrogens (primary N) is 1. The van der Waals surface area contributed by atoms with Crippen LogP contribution < -0.4 is 15.9 Å². The number of hydrogen-bond donors (Lipinski definition) is 2. The molecule has 0 heterocycles. The minimum atomic E-state index is -0.404. The molecule has 0 radical (unpaired) electrons. The second kappa shape index (κ2) is 10.3. The number of nitrogens with one attached hydrogen (secondary N) is 1. The molecule has 0 saturated heterocycles. The summed E-state index contributed by atoms with van der Waals surface area (Å²) in [6.45, 7) is 2.27. The lowest BCUT2D eigenvalue weighted by Gasteiger charge is -2.16. The van der Waals surface area contributed by atoms with E-state index in [0.29, 0.717) is 12.3 Å². The molecule has 0 aliphatic carbocycles. The standard InChI is InChI=1S/C24H26N4O3/c1-17-15-19(23(27-30-3)18-9-5-4-6-10-18)13-14-22(17)31-16-20-11-7-8-12-21(20)26-24(29)28(2)25/h4-15H,16,25H2,1-3H3,(H,26,29). The Balaban J connectivity index is 1.78. The molecule has 0 unspecified atom stereocenters. The highest BCUT2D eigenvalue weighted by molar-refractivity contribution is 6.12. The number of benzene rings is 3. The average Bonchev–Trinajstić information content (AvgIpc) is 2.78. The van der Waals surface area contributed by atoms with Crippen molar-refractivity contribution in [3.05, 3.63) is 95.1 Å². The van der Waals surface area contributed by atoms with E-state index in [9.17, 15) is 4.79 Å². The summed E-state index contributed by atoms with van der Waals surface area (Å²) < 4.78 is 6.04. The van der Waals surface area contributed by atoms with Gasteiger partial charge in [0.1, 0.15) is 25.2 Å². The molecule has 31 heavy (non-hydrogen) atoms. The Hall–Kier alpha value is -3.84. The van der Waals surface area contributed by atoms with Crippen molar-refractivity contribution >= 4 is 17.4 Å². The topological polar surface area (TPSA) is 89.2 Å². The first kappa shape index (κ1) is 21.9. The lowest BCUT2D eigenvalue weighted by atomic mass is 10.0. The lowest BCUT2D eigenvalue weighted by molar-refractivity contribution is 0.214. The van der Waals surface area contributed by atoms with Gasteiger partial charge in [0.05, 0.1) is 0 Å². The Morgan fingerprint density at radius 1 is 1.03 bits per heavy atom. The van der Waals surface area contributed by atoms with Crippen LogP contribution in [0, 0.1) is 6.92 Å². The van der Waals surface area contributed by atoms with Crippen molar-refractivity contribution in [3.8, 4) is 5.75 Å². The highest BCUT2D eigenvalue weighted by Crippen LogP contribution is 2.24. The number of oxime groups is 1. The summed E-state index contributed by atoms with van der Waals surface area (Å²) in [5, 5.41) is 7.97. The molecule has 0 aromatic heterocycles. The zero-order valence-corrected chi connectivity index (χ0v) is 17.8. The van der Waals surface area contributed by atoms with Gasteiger partial charge in [-0.25, -0.2) is 10.6 Å². The summed E-state index contributed by atoms with van der Waals surface area (Å²) in [5.74, 6) is 6.23. The fourth-order valence-electron chi connectivity index (χ4n) is 3.05. The fraction of sp³-hybridized carbons (Fsp3) is 0.167. The van der Waals surface area contributed by atoms with Gasteiger partial charge in [-0.3, -0.25) is 5.01 Å². The molecular formula is C24H26N4O3. The number of anilines is 1. The van der Waals surface area contributed by atoms with E-state index < -0.39 is 6.03 Å². The number of nitrogens with zero attached hydrogens (tertiary/aromatic N) is 2. The maximum atomic E-state index is 11.9. The summed E-state index contributed by atoms with van der Waals surface area (Å²) in [7, 11) is 3.02. The molecule has 0 aliphatic rings. The number of para-hydroxylation sites is 1. The maximum Gasteiger partial charge on any atom is 0.335 e. The number of urea groups is 1. The van der Waals surface area contributed by atoms with Crippen LogP contribution in [0.4, 0.5) is 10.5 Å². The van der Waals surface area contributed by atoms with Crippen molar-refractivity contribution in [1.29, 1.82) is 0 Å². The Morgan fingerprint density at radius 3 is 2.42 bits per heavy atom. The van der Waals surface area contributed by atoms with Crippen LogP contribution in [0.3, 0.4) is 0 Å². The van der Waals surface area contributed by atoms with E-state index in [-0.39, 0.29) is 0 Å². The number of amides is 2. The number of hydrogen-bond acceptors (Lipinski definition) is 5. The molecule has 2 amide bonds. The van der Waals surface area contributed by atoms with Crippen molar-refractivity contribution in [3.63, 3.8) is 0 Å². The molecule has 0 fully saturated rings. The summed E-state index contributed by atoms with van der Waals surface area (Å²) in [4.78, 5) is 17.0. The minimum Gasteiger partial charge on any atom is -0.489 e. The van der Waals surface area contributed by atoms with Gasteiger partial charge in [-0.1, -0.05) is 53.7 Å². The van der Waals surface area contributed by atoms with Gasteiger partial charge < -0.3 is 14.9 Å². The van der Waals surface area contributed by atoms with E-state index in [4.69, 9.17) is 15.4 Å². The highest BCUT2D eigenvalue weighted by Gasteiger charge is 2.12. The maximum absolute atomic E-state index is 11.9. The molecule has 0 saturated carbocycles. The highest BCUT2D eigenvalue weighted by atomic mass is 16.6. The first-order chi connectivity index (χ1) is 15.0. The summed E-state index contributed by atoms with van der Waals surface area (Å²) in [5.41, 5.74) is 5.09. The number of ether oxygens (including phenoxy) is 1. The first-order valence-corrected chi connectivity index (χ1v) is 9.77. The van der Waals surface area contributed by atoms with Crippen molar-refractivity contribution < 1.29 is 14.4 Å². The van der Waals surface area contributed by atoms with Crippen molar-refractivity contribution in [2.75, 3.05) is 19.5 Å². The summed E-state index contributed by atoms with van der Waals surface area (Å²) in [6.07, 6.45) is 0. The van der Waals surface area contributed by atoms with Gasteiger partial charge in [0, 0.05) is 29.4 Å². The largest absolute Gasteiger partial charge is 0.489 e. The molecule has 3 aromatic rings. The van der Waals surface area contributed by atoms with Gasteiger partial charge in [-0.15, -0.1) is 0 Å². The number of aryl methyl sites for hydroxylation is 1. The Bertz CT molecular complexity index is 1070. The number of carbonyl (C=O) groups is 1. The smallest absolute Gasteiger partial charge is 0.335 e. The van der Waals surface area contributed by atoms with Crippen LogP contribution in [0.2, 0.25) is 0 Å². The van der Waals surface area contributed by atoms with Crippen LogP contribution in [-0.2, 0) is 11.4 Å². The van der Waals surface area contributed by atoms with Gasteiger partial charge in [-0.05, 0) is 36.8 Å². The number of carbonyl (C=O) groups excluding carboxylic acids is 1. The lowest BCUT2D eigenvalue weighted by Crippen LogP contribution is -2.37. The van der Waals surface area contributed by atoms with Crippen LogP contribution in [0.1, 0.15) is 22.3 Å². The van der Waals surface area contributed by atoms with Gasteiger partial charge in [0.25, 0.3) is 0 Å². The van der Waals surface area contributed by atoms with Gasteiger partial charge >= 0.3 is 6.03 Å². The number of hydrazine groups is 1. The van der Waals surface area contributed by atoms with Crippen LogP contribution in [0.15, 0.2) is 78.0 Å². The quantitative estimate of drug-likeness (QED) is 0.259. The molecule has 0 bridgehead atoms. The molecule has 0 aliphatic heterocycles. The normalized spacial score (nSPS) is 11.0. The Labute approximate surface area is 182 Å². The second-order valence-electron chi connectivity index (χ2n) is 6.96. The molecule has 7 heteroatoms. The third kappa shape index (κ3) is 5.61. The number of rotatable bonds is 7. The Kier molecular flexibility index (Phi) is 7.24. The van der Waals surface area contributed by atoms with Crippen LogP contribution >= 0.6 is 0 Å². The first-order valence-electron chi connectivity index (χ1n) is 9.77. The molecule has 160 valence electrons. The average molecular weight is 418 g/mol. The monoisotopic (exact) mass is 418 g/mol. The molecule has 0 atom stereocenters. The summed E-state index contributed by atoms with van der Waals surface area (Å²) >= 11 is 0. The summed E-state index contributed by atoms with van der Waals surface area (Å²) in [6, 6.07) is 22.8. The fourth-order valence-corrected chi connectivity index (χ4v) is 3.05. The van der Waals surface area contributed by atoms with Crippen LogP contribution in [0.25, 0.3) is 0 Å². The van der Waals surface area contributed by atoms with Crippen LogP contribution in [-0.4, -0.2) is 30.9 Å². The molecular weight excluding hydrogens is 392 g/mol. The zero-order valence-electron chi connectivity index (χ0n) is 17.8. The molecule has 3 aromatic carbocycles. The van der Waals surface area contributed by atoms with E-state index in [1.54, 1.807) is 0 Å². The van der Waals surface area contributed by atoms with Crippen LogP contribution in [0.5, 0.6) is 5.75 Å². The Morgan fingerprint density at radius 2 is 1.74 bits per heavy atom. The van der Waals surface area contributed by atoms with Gasteiger partial charge in [-0.2, -0.15) is 0 Å². The van der Waals surface area contributed by atoms with E-state index >= 15 is 0 Å². The second-order valence-corrected chi connectivity index (χ2v) is 6.96. The van der Waals surface area contributed by atoms with E-state index in [1.165, 1.54) is 14.2 Å². The minimum absolute atomic E-state index is 0.294. The predicted octanol–water partition coefficient (Wildman–Crippen LogP) is 4.31. The predicted molar refractivity (Wildman–Crippen MR) is 122 cm³/mol. The van der Waals surface area contributed by atoms with E-state index in [0.717, 1.165) is 38.7 Å². The van der Waals surface area contributed by atoms with Crippen molar-refractivity contribution in [2.24, 2.45) is 11.0 Å². The molecule has 7 nitrogen and oxygen atoms in total. The zero-order chi connectivity index (χ0) is 22.2. The van der Waals surface area contributed by atoms with E-state index in [2.05, 4.69) is 10.5 Å². The third-order valence-electron chi connectivity index (χ3n) is 4.64. The molecule has 0 spiro atoms. The van der Waals surface area contributed by atoms with Gasteiger partial charge in [0.15, 0.2) is 0 Å². The SMILES string of the molecule is CON=C(c1ccccc1)c1ccc(OCc2ccccc2NC(=O)N(C)N)c(C)c1. The van der Waals surface area contributed by atoms with E-state index in [1.807, 2.05) is 79.7 Å².